The first-order valence-electron chi connectivity index (χ1n) is 5.53. The van der Waals surface area contributed by atoms with Crippen LogP contribution in [0.15, 0.2) is 30.3 Å². The molecule has 0 spiro atoms. The van der Waals surface area contributed by atoms with E-state index in [0.29, 0.717) is 16.9 Å². The first-order chi connectivity index (χ1) is 9.04. The van der Waals surface area contributed by atoms with Gasteiger partial charge in [-0.3, -0.25) is 0 Å². The van der Waals surface area contributed by atoms with Crippen LogP contribution in [0.4, 0.5) is 8.78 Å². The van der Waals surface area contributed by atoms with Crippen molar-refractivity contribution in [3.8, 4) is 11.3 Å². The van der Waals surface area contributed by atoms with Crippen molar-refractivity contribution in [2.75, 3.05) is 0 Å². The Morgan fingerprint density at radius 2 is 1.89 bits per heavy atom. The van der Waals surface area contributed by atoms with Crippen LogP contribution in [0.5, 0.6) is 0 Å². The minimum absolute atomic E-state index is 0.270. The molecule has 0 unspecified atom stereocenters. The zero-order valence-corrected chi connectivity index (χ0v) is 10.6. The van der Waals surface area contributed by atoms with E-state index in [2.05, 4.69) is 10.1 Å². The molecule has 2 aromatic heterocycles. The van der Waals surface area contributed by atoms with Gasteiger partial charge in [0.1, 0.15) is 5.15 Å². The summed E-state index contributed by atoms with van der Waals surface area (Å²) in [4.78, 5) is 4.12. The van der Waals surface area contributed by atoms with Crippen LogP contribution >= 0.6 is 11.6 Å². The summed E-state index contributed by atoms with van der Waals surface area (Å²) < 4.78 is 27.8. The van der Waals surface area contributed by atoms with Crippen molar-refractivity contribution < 1.29 is 8.78 Å². The van der Waals surface area contributed by atoms with Crippen molar-refractivity contribution in [1.82, 2.24) is 14.6 Å². The molecule has 0 aliphatic heterocycles. The summed E-state index contributed by atoms with van der Waals surface area (Å²) in [5.41, 5.74) is 2.36. The van der Waals surface area contributed by atoms with Gasteiger partial charge in [-0.25, -0.2) is 18.3 Å². The highest BCUT2D eigenvalue weighted by Gasteiger charge is 2.11. The second kappa shape index (κ2) is 4.28. The number of fused-ring (bicyclic) bond motifs is 1. The summed E-state index contributed by atoms with van der Waals surface area (Å²) in [5.74, 6) is -1.81. The molecule has 3 aromatic rings. The molecule has 0 amide bonds. The highest BCUT2D eigenvalue weighted by Crippen LogP contribution is 2.24. The van der Waals surface area contributed by atoms with E-state index in [0.717, 1.165) is 17.8 Å². The molecule has 0 saturated carbocycles. The molecule has 3 nitrogen and oxygen atoms in total. The van der Waals surface area contributed by atoms with Crippen molar-refractivity contribution in [1.29, 1.82) is 0 Å². The first kappa shape index (κ1) is 12.0. The van der Waals surface area contributed by atoms with Crippen LogP contribution in [0.25, 0.3) is 16.9 Å². The second-order valence-corrected chi connectivity index (χ2v) is 4.54. The number of aromatic nitrogens is 3. The molecular formula is C13H8ClF2N3. The highest BCUT2D eigenvalue weighted by molar-refractivity contribution is 6.29. The zero-order valence-electron chi connectivity index (χ0n) is 9.86. The molecule has 1 aromatic carbocycles. The van der Waals surface area contributed by atoms with Crippen LogP contribution in [0.3, 0.4) is 0 Å². The van der Waals surface area contributed by atoms with Crippen LogP contribution in [-0.4, -0.2) is 14.6 Å². The standard InChI is InChI=1S/C13H8ClF2N3/c1-7-4-13-17-12(14)6-11(19(13)18-7)8-2-3-9(15)10(16)5-8/h2-6H,1H3. The maximum Gasteiger partial charge on any atom is 0.159 e. The van der Waals surface area contributed by atoms with Gasteiger partial charge < -0.3 is 0 Å². The van der Waals surface area contributed by atoms with E-state index in [1.54, 1.807) is 16.6 Å². The molecule has 0 fully saturated rings. The molecule has 96 valence electrons. The summed E-state index contributed by atoms with van der Waals surface area (Å²) in [5, 5.41) is 4.53. The van der Waals surface area contributed by atoms with Crippen molar-refractivity contribution >= 4 is 17.2 Å². The number of benzene rings is 1. The minimum Gasteiger partial charge on any atom is -0.217 e. The average Bonchev–Trinajstić information content (AvgIpc) is 2.72. The first-order valence-corrected chi connectivity index (χ1v) is 5.91. The lowest BCUT2D eigenvalue weighted by Gasteiger charge is -2.06. The number of halogens is 3. The molecule has 0 atom stereocenters. The fourth-order valence-corrected chi connectivity index (χ4v) is 2.11. The summed E-state index contributed by atoms with van der Waals surface area (Å²) in [7, 11) is 0. The van der Waals surface area contributed by atoms with E-state index in [9.17, 15) is 8.78 Å². The fourth-order valence-electron chi connectivity index (χ4n) is 1.92. The number of aryl methyl sites for hydroxylation is 1. The highest BCUT2D eigenvalue weighted by atomic mass is 35.5. The van der Waals surface area contributed by atoms with Gasteiger partial charge in [-0.15, -0.1) is 0 Å². The summed E-state index contributed by atoms with van der Waals surface area (Å²) in [6.07, 6.45) is 0. The Balaban J connectivity index is 2.31. The lowest BCUT2D eigenvalue weighted by molar-refractivity contribution is 0.509. The maximum atomic E-state index is 13.3. The third-order valence-corrected chi connectivity index (χ3v) is 2.93. The van der Waals surface area contributed by atoms with Crippen molar-refractivity contribution in [2.45, 2.75) is 6.92 Å². The maximum absolute atomic E-state index is 13.3. The van der Waals surface area contributed by atoms with Gasteiger partial charge in [0.05, 0.1) is 11.4 Å². The SMILES string of the molecule is Cc1cc2nc(Cl)cc(-c3ccc(F)c(F)c3)n2n1. The van der Waals surface area contributed by atoms with E-state index in [-0.39, 0.29) is 5.15 Å². The molecule has 2 heterocycles. The van der Waals surface area contributed by atoms with E-state index in [1.165, 1.54) is 6.07 Å². The van der Waals surface area contributed by atoms with Crippen LogP contribution < -0.4 is 0 Å². The molecular weight excluding hydrogens is 272 g/mol. The van der Waals surface area contributed by atoms with Gasteiger partial charge in [0, 0.05) is 17.7 Å². The van der Waals surface area contributed by atoms with Gasteiger partial charge in [0.15, 0.2) is 17.3 Å². The lowest BCUT2D eigenvalue weighted by atomic mass is 10.1. The Morgan fingerprint density at radius 3 is 2.63 bits per heavy atom. The third-order valence-electron chi connectivity index (χ3n) is 2.73. The van der Waals surface area contributed by atoms with Gasteiger partial charge in [-0.1, -0.05) is 11.6 Å². The van der Waals surface area contributed by atoms with Gasteiger partial charge in [-0.05, 0) is 25.1 Å². The average molecular weight is 280 g/mol. The normalized spacial score (nSPS) is 11.2. The summed E-state index contributed by atoms with van der Waals surface area (Å²) in [6.45, 7) is 1.82. The van der Waals surface area contributed by atoms with Crippen molar-refractivity contribution in [3.63, 3.8) is 0 Å². The monoisotopic (exact) mass is 279 g/mol. The molecule has 0 radical (unpaired) electrons. The van der Waals surface area contributed by atoms with Crippen LogP contribution in [0.1, 0.15) is 5.69 Å². The van der Waals surface area contributed by atoms with Crippen molar-refractivity contribution in [3.05, 3.63) is 52.8 Å². The molecule has 0 aliphatic rings. The van der Waals surface area contributed by atoms with Gasteiger partial charge >= 0.3 is 0 Å². The number of hydrogen-bond acceptors (Lipinski definition) is 2. The summed E-state index contributed by atoms with van der Waals surface area (Å²) in [6, 6.07) is 6.97. The Hall–Kier alpha value is -2.01. The zero-order chi connectivity index (χ0) is 13.6. The Bertz CT molecular complexity index is 783. The number of nitrogens with zero attached hydrogens (tertiary/aromatic N) is 3. The largest absolute Gasteiger partial charge is 0.217 e. The van der Waals surface area contributed by atoms with Gasteiger partial charge in [0.25, 0.3) is 0 Å². The topological polar surface area (TPSA) is 30.2 Å². The predicted molar refractivity (Wildman–Crippen MR) is 68.1 cm³/mol. The quantitative estimate of drug-likeness (QED) is 0.637. The Kier molecular flexibility index (Phi) is 2.71. The van der Waals surface area contributed by atoms with Crippen molar-refractivity contribution in [2.24, 2.45) is 0 Å². The van der Waals surface area contributed by atoms with E-state index < -0.39 is 11.6 Å². The van der Waals surface area contributed by atoms with Crippen LogP contribution in [0.2, 0.25) is 5.15 Å². The molecule has 0 N–H and O–H groups in total. The Labute approximate surface area is 112 Å². The third kappa shape index (κ3) is 2.06. The van der Waals surface area contributed by atoms with Gasteiger partial charge in [-0.2, -0.15) is 5.10 Å². The molecule has 0 bridgehead atoms. The van der Waals surface area contributed by atoms with Crippen LogP contribution in [0, 0.1) is 18.6 Å². The van der Waals surface area contributed by atoms with E-state index in [1.807, 2.05) is 6.92 Å². The lowest BCUT2D eigenvalue weighted by Crippen LogP contribution is -1.97. The van der Waals surface area contributed by atoms with E-state index >= 15 is 0 Å². The van der Waals surface area contributed by atoms with E-state index in [4.69, 9.17) is 11.6 Å². The Morgan fingerprint density at radius 1 is 1.11 bits per heavy atom. The molecule has 6 heteroatoms. The minimum atomic E-state index is -0.914. The second-order valence-electron chi connectivity index (χ2n) is 4.15. The molecule has 0 aliphatic carbocycles. The molecule has 3 rings (SSSR count). The summed E-state index contributed by atoms with van der Waals surface area (Å²) >= 11 is 5.93. The predicted octanol–water partition coefficient (Wildman–Crippen LogP) is 3.64. The van der Waals surface area contributed by atoms with Crippen LogP contribution in [-0.2, 0) is 0 Å². The number of rotatable bonds is 1. The number of hydrogen-bond donors (Lipinski definition) is 0. The molecule has 19 heavy (non-hydrogen) atoms. The fraction of sp³-hybridized carbons (Fsp3) is 0.0769. The smallest absolute Gasteiger partial charge is 0.159 e. The van der Waals surface area contributed by atoms with Gasteiger partial charge in [0.2, 0.25) is 0 Å². The molecule has 0 saturated heterocycles.